The average molecular weight is 249 g/mol. The van der Waals surface area contributed by atoms with Crippen LogP contribution in [-0.2, 0) is 6.61 Å². The summed E-state index contributed by atoms with van der Waals surface area (Å²) in [6.07, 6.45) is 0. The molecule has 1 unspecified atom stereocenters. The normalized spacial score (nSPS) is 16.6. The van der Waals surface area contributed by atoms with E-state index in [0.29, 0.717) is 6.61 Å². The summed E-state index contributed by atoms with van der Waals surface area (Å²) in [5, 5.41) is 9.62. The fourth-order valence-electron chi connectivity index (χ4n) is 2.74. The summed E-state index contributed by atoms with van der Waals surface area (Å²) in [6, 6.07) is 14.6. The molecule has 94 valence electrons. The zero-order chi connectivity index (χ0) is 13.4. The summed E-state index contributed by atoms with van der Waals surface area (Å²) >= 11 is 0. The number of nitrogens with zero attached hydrogens (tertiary/aromatic N) is 1. The highest BCUT2D eigenvalue weighted by molar-refractivity contribution is 5.56. The van der Waals surface area contributed by atoms with Crippen LogP contribution in [0.15, 0.2) is 36.4 Å². The van der Waals surface area contributed by atoms with E-state index in [1.54, 1.807) is 0 Å². The quantitative estimate of drug-likeness (QED) is 0.710. The maximum Gasteiger partial charge on any atom is 0.127 e. The molecule has 0 aliphatic carbocycles. The van der Waals surface area contributed by atoms with Gasteiger partial charge < -0.3 is 4.74 Å². The third-order valence-corrected chi connectivity index (χ3v) is 3.77. The standard InChI is InChI=1S/C17H15NO/c1-11-7-8-12(2)17-16(11)15(9-18)14-6-4-3-5-13(14)10-19-17/h3-8,15H,10H2,1-2H3. The van der Waals surface area contributed by atoms with Crippen molar-refractivity contribution in [3.63, 3.8) is 0 Å². The van der Waals surface area contributed by atoms with Crippen LogP contribution in [0.5, 0.6) is 5.75 Å². The second-order valence-electron chi connectivity index (χ2n) is 4.99. The van der Waals surface area contributed by atoms with Crippen molar-refractivity contribution in [3.8, 4) is 11.8 Å². The largest absolute Gasteiger partial charge is 0.488 e. The highest BCUT2D eigenvalue weighted by Crippen LogP contribution is 2.40. The Hall–Kier alpha value is -2.27. The number of hydrogen-bond donors (Lipinski definition) is 0. The second-order valence-corrected chi connectivity index (χ2v) is 4.99. The molecule has 2 aromatic carbocycles. The number of nitriles is 1. The first kappa shape index (κ1) is 11.8. The van der Waals surface area contributed by atoms with Gasteiger partial charge in [0.1, 0.15) is 18.3 Å². The van der Waals surface area contributed by atoms with Crippen molar-refractivity contribution < 1.29 is 4.74 Å². The first-order valence-electron chi connectivity index (χ1n) is 6.42. The SMILES string of the molecule is Cc1ccc(C)c2c1OCc1ccccc1C2C#N. The molecule has 2 heteroatoms. The van der Waals surface area contributed by atoms with E-state index in [4.69, 9.17) is 4.74 Å². The van der Waals surface area contributed by atoms with Crippen LogP contribution in [0, 0.1) is 25.2 Å². The van der Waals surface area contributed by atoms with Gasteiger partial charge in [-0.15, -0.1) is 0 Å². The van der Waals surface area contributed by atoms with Gasteiger partial charge in [-0.1, -0.05) is 36.4 Å². The van der Waals surface area contributed by atoms with E-state index >= 15 is 0 Å². The first-order valence-corrected chi connectivity index (χ1v) is 6.42. The summed E-state index contributed by atoms with van der Waals surface area (Å²) in [6.45, 7) is 4.61. The van der Waals surface area contributed by atoms with E-state index < -0.39 is 0 Å². The van der Waals surface area contributed by atoms with Gasteiger partial charge in [-0.25, -0.2) is 0 Å². The number of aryl methyl sites for hydroxylation is 2. The Morgan fingerprint density at radius 2 is 1.84 bits per heavy atom. The third kappa shape index (κ3) is 1.79. The molecule has 1 heterocycles. The molecule has 0 bridgehead atoms. The second kappa shape index (κ2) is 4.44. The predicted molar refractivity (Wildman–Crippen MR) is 74.1 cm³/mol. The Labute approximate surface area is 113 Å². The summed E-state index contributed by atoms with van der Waals surface area (Å²) in [5.41, 5.74) is 5.39. The van der Waals surface area contributed by atoms with Crippen LogP contribution in [0.3, 0.4) is 0 Å². The van der Waals surface area contributed by atoms with Gasteiger partial charge in [-0.3, -0.25) is 0 Å². The third-order valence-electron chi connectivity index (χ3n) is 3.77. The van der Waals surface area contributed by atoms with Crippen LogP contribution in [0.2, 0.25) is 0 Å². The van der Waals surface area contributed by atoms with Crippen molar-refractivity contribution >= 4 is 0 Å². The van der Waals surface area contributed by atoms with Gasteiger partial charge in [0.05, 0.1) is 6.07 Å². The molecule has 0 radical (unpaired) electrons. The molecular weight excluding hydrogens is 234 g/mol. The van der Waals surface area contributed by atoms with Crippen molar-refractivity contribution in [2.24, 2.45) is 0 Å². The minimum atomic E-state index is -0.242. The topological polar surface area (TPSA) is 33.0 Å². The zero-order valence-corrected chi connectivity index (χ0v) is 11.1. The monoisotopic (exact) mass is 249 g/mol. The Balaban J connectivity index is 2.31. The molecule has 3 rings (SSSR count). The molecule has 1 aliphatic rings. The van der Waals surface area contributed by atoms with Crippen LogP contribution in [0.4, 0.5) is 0 Å². The number of fused-ring (bicyclic) bond motifs is 2. The van der Waals surface area contributed by atoms with E-state index in [-0.39, 0.29) is 5.92 Å². The van der Waals surface area contributed by atoms with Crippen molar-refractivity contribution in [1.82, 2.24) is 0 Å². The van der Waals surface area contributed by atoms with E-state index in [9.17, 15) is 5.26 Å². The molecule has 19 heavy (non-hydrogen) atoms. The van der Waals surface area contributed by atoms with E-state index in [1.807, 2.05) is 38.1 Å². The highest BCUT2D eigenvalue weighted by Gasteiger charge is 2.26. The predicted octanol–water partition coefficient (Wildman–Crippen LogP) is 3.85. The van der Waals surface area contributed by atoms with Crippen LogP contribution in [0.1, 0.15) is 33.7 Å². The zero-order valence-electron chi connectivity index (χ0n) is 11.1. The van der Waals surface area contributed by atoms with Crippen molar-refractivity contribution in [2.75, 3.05) is 0 Å². The minimum Gasteiger partial charge on any atom is -0.488 e. The molecule has 1 aliphatic heterocycles. The number of rotatable bonds is 0. The fraction of sp³-hybridized carbons (Fsp3) is 0.235. The van der Waals surface area contributed by atoms with Crippen LogP contribution < -0.4 is 4.74 Å². The van der Waals surface area contributed by atoms with E-state index in [0.717, 1.165) is 33.6 Å². The Morgan fingerprint density at radius 1 is 1.11 bits per heavy atom. The molecule has 0 saturated carbocycles. The molecule has 1 atom stereocenters. The lowest BCUT2D eigenvalue weighted by Gasteiger charge is -2.16. The van der Waals surface area contributed by atoms with Crippen molar-refractivity contribution in [1.29, 1.82) is 5.26 Å². The fourth-order valence-corrected chi connectivity index (χ4v) is 2.74. The smallest absolute Gasteiger partial charge is 0.127 e. The molecule has 0 spiro atoms. The van der Waals surface area contributed by atoms with E-state index in [1.165, 1.54) is 0 Å². The van der Waals surface area contributed by atoms with Crippen LogP contribution in [-0.4, -0.2) is 0 Å². The number of ether oxygens (including phenoxy) is 1. The molecular formula is C17H15NO. The summed E-state index contributed by atoms with van der Waals surface area (Å²) in [4.78, 5) is 0. The van der Waals surface area contributed by atoms with Gasteiger partial charge in [-0.05, 0) is 36.1 Å². The molecule has 0 amide bonds. The van der Waals surface area contributed by atoms with Gasteiger partial charge in [-0.2, -0.15) is 5.26 Å². The first-order chi connectivity index (χ1) is 9.22. The summed E-state index contributed by atoms with van der Waals surface area (Å²) in [7, 11) is 0. The Kier molecular flexibility index (Phi) is 2.76. The lowest BCUT2D eigenvalue weighted by atomic mass is 9.86. The molecule has 0 saturated heterocycles. The van der Waals surface area contributed by atoms with Crippen LogP contribution in [0.25, 0.3) is 0 Å². The molecule has 0 fully saturated rings. The molecule has 2 aromatic rings. The highest BCUT2D eigenvalue weighted by atomic mass is 16.5. The number of benzene rings is 2. The average Bonchev–Trinajstić information content (AvgIpc) is 2.60. The van der Waals surface area contributed by atoms with Crippen molar-refractivity contribution in [3.05, 3.63) is 64.2 Å². The maximum absolute atomic E-state index is 9.62. The lowest BCUT2D eigenvalue weighted by molar-refractivity contribution is 0.304. The Morgan fingerprint density at radius 3 is 2.63 bits per heavy atom. The molecule has 0 N–H and O–H groups in total. The number of hydrogen-bond acceptors (Lipinski definition) is 2. The van der Waals surface area contributed by atoms with Crippen molar-refractivity contribution in [2.45, 2.75) is 26.4 Å². The van der Waals surface area contributed by atoms with E-state index in [2.05, 4.69) is 18.2 Å². The summed E-state index contributed by atoms with van der Waals surface area (Å²) < 4.78 is 5.97. The maximum atomic E-state index is 9.62. The molecule has 0 aromatic heterocycles. The van der Waals surface area contributed by atoms with Gasteiger partial charge in [0, 0.05) is 5.56 Å². The summed E-state index contributed by atoms with van der Waals surface area (Å²) in [5.74, 6) is 0.636. The lowest BCUT2D eigenvalue weighted by Crippen LogP contribution is -2.02. The Bertz CT molecular complexity index is 682. The van der Waals surface area contributed by atoms with Gasteiger partial charge in [0.15, 0.2) is 0 Å². The molecule has 2 nitrogen and oxygen atoms in total. The minimum absolute atomic E-state index is 0.242. The van der Waals surface area contributed by atoms with Gasteiger partial charge in [0.2, 0.25) is 0 Å². The van der Waals surface area contributed by atoms with Gasteiger partial charge >= 0.3 is 0 Å². The van der Waals surface area contributed by atoms with Crippen LogP contribution >= 0.6 is 0 Å². The van der Waals surface area contributed by atoms with Gasteiger partial charge in [0.25, 0.3) is 0 Å².